The first-order chi connectivity index (χ1) is 21.9. The topological polar surface area (TPSA) is 3.88 Å². The van der Waals surface area contributed by atoms with Gasteiger partial charge in [-0.05, 0) is 71.9 Å². The number of benzene rings is 3. The molecule has 0 aliphatic heterocycles. The molecule has 0 spiro atoms. The zero-order valence-corrected chi connectivity index (χ0v) is 28.9. The fourth-order valence-electron chi connectivity index (χ4n) is 5.78. The molecule has 2 heteroatoms. The van der Waals surface area contributed by atoms with E-state index in [-0.39, 0.29) is 17.0 Å². The third-order valence-corrected chi connectivity index (χ3v) is 8.23. The third kappa shape index (κ3) is 12.8. The Morgan fingerprint density at radius 1 is 0.467 bits per heavy atom. The van der Waals surface area contributed by atoms with Crippen molar-refractivity contribution in [2.45, 2.75) is 90.5 Å². The van der Waals surface area contributed by atoms with Crippen molar-refractivity contribution in [3.05, 3.63) is 162 Å². The maximum Gasteiger partial charge on any atom is 0.169 e. The van der Waals surface area contributed by atoms with Gasteiger partial charge in [0.05, 0.1) is 0 Å². The van der Waals surface area contributed by atoms with Crippen LogP contribution in [0.15, 0.2) is 140 Å². The van der Waals surface area contributed by atoms with Crippen molar-refractivity contribution in [2.75, 3.05) is 0 Å². The first-order valence-corrected chi connectivity index (χ1v) is 17.1. The summed E-state index contributed by atoms with van der Waals surface area (Å²) in [5, 5.41) is 0. The summed E-state index contributed by atoms with van der Waals surface area (Å²) in [5.74, 6) is 0. The molecule has 0 aliphatic rings. The van der Waals surface area contributed by atoms with Crippen LogP contribution in [-0.2, 0) is 6.54 Å². The number of pyridine rings is 1. The molecule has 0 saturated heterocycles. The molecule has 0 unspecified atom stereocenters. The molecule has 4 aromatic rings. The van der Waals surface area contributed by atoms with E-state index in [0.29, 0.717) is 0 Å². The quantitative estimate of drug-likeness (QED) is 0.0409. The van der Waals surface area contributed by atoms with Crippen LogP contribution in [0.3, 0.4) is 0 Å². The molecule has 0 saturated carbocycles. The Labute approximate surface area is 284 Å². The summed E-state index contributed by atoms with van der Waals surface area (Å²) in [7, 11) is 0. The summed E-state index contributed by atoms with van der Waals surface area (Å²) >= 11 is 0. The van der Waals surface area contributed by atoms with Gasteiger partial charge < -0.3 is 17.0 Å². The van der Waals surface area contributed by atoms with Gasteiger partial charge in [-0.1, -0.05) is 154 Å². The van der Waals surface area contributed by atoms with Gasteiger partial charge in [0.15, 0.2) is 12.4 Å². The van der Waals surface area contributed by atoms with Crippen LogP contribution < -0.4 is 21.5 Å². The lowest BCUT2D eigenvalue weighted by Crippen LogP contribution is -3.00. The molecule has 45 heavy (non-hydrogen) atoms. The lowest BCUT2D eigenvalue weighted by Gasteiger charge is -2.17. The summed E-state index contributed by atoms with van der Waals surface area (Å²) in [5.41, 5.74) is 7.47. The Morgan fingerprint density at radius 3 is 1.33 bits per heavy atom. The van der Waals surface area contributed by atoms with Crippen molar-refractivity contribution < 1.29 is 21.5 Å². The molecule has 236 valence electrons. The normalized spacial score (nSPS) is 11.1. The highest BCUT2D eigenvalue weighted by Crippen LogP contribution is 2.36. The van der Waals surface area contributed by atoms with Crippen LogP contribution in [0.25, 0.3) is 11.1 Å². The number of unbranched alkanes of at least 4 members (excludes halogenated alkanes) is 9. The highest BCUT2D eigenvalue weighted by atomic mass is 79.9. The summed E-state index contributed by atoms with van der Waals surface area (Å²) < 4.78 is 2.35. The monoisotopic (exact) mass is 661 g/mol. The van der Waals surface area contributed by atoms with Gasteiger partial charge in [0, 0.05) is 18.6 Å². The lowest BCUT2D eigenvalue weighted by molar-refractivity contribution is -0.697. The van der Waals surface area contributed by atoms with Gasteiger partial charge >= 0.3 is 0 Å². The second kappa shape index (κ2) is 22.1. The van der Waals surface area contributed by atoms with E-state index in [1.54, 1.807) is 0 Å². The van der Waals surface area contributed by atoms with Gasteiger partial charge in [0.2, 0.25) is 0 Å². The van der Waals surface area contributed by atoms with E-state index in [0.717, 1.165) is 13.0 Å². The lowest BCUT2D eigenvalue weighted by atomic mass is 9.86. The van der Waals surface area contributed by atoms with Crippen LogP contribution in [0.1, 0.15) is 106 Å². The van der Waals surface area contributed by atoms with Crippen LogP contribution in [0.4, 0.5) is 0 Å². The Morgan fingerprint density at radius 2 is 0.867 bits per heavy atom. The van der Waals surface area contributed by atoms with Crippen molar-refractivity contribution in [3.8, 4) is 0 Å². The van der Waals surface area contributed by atoms with Crippen LogP contribution in [0.2, 0.25) is 0 Å². The SMILES string of the molecule is CCCCC/C=C\C/C=C\CCCCCCCC[n+]1ccc(C(=C(c2ccccc2)c2ccccc2)c2ccccc2)cc1.[Br-]. The van der Waals surface area contributed by atoms with E-state index < -0.39 is 0 Å². The highest BCUT2D eigenvalue weighted by molar-refractivity contribution is 6.04. The second-order valence-electron chi connectivity index (χ2n) is 11.8. The van der Waals surface area contributed by atoms with E-state index in [4.69, 9.17) is 0 Å². The molecular formula is C43H52BrN. The van der Waals surface area contributed by atoms with Crippen LogP contribution in [-0.4, -0.2) is 0 Å². The molecule has 1 heterocycles. The minimum Gasteiger partial charge on any atom is -1.00 e. The van der Waals surface area contributed by atoms with E-state index in [2.05, 4.69) is 151 Å². The molecule has 1 nitrogen and oxygen atoms in total. The fraction of sp³-hybridized carbons (Fsp3) is 0.326. The number of rotatable bonds is 19. The Hall–Kier alpha value is -3.49. The van der Waals surface area contributed by atoms with Gasteiger partial charge in [0.25, 0.3) is 0 Å². The average molecular weight is 663 g/mol. The molecule has 0 amide bonds. The number of aryl methyl sites for hydroxylation is 1. The van der Waals surface area contributed by atoms with E-state index in [1.807, 2.05) is 0 Å². The van der Waals surface area contributed by atoms with Crippen LogP contribution >= 0.6 is 0 Å². The number of hydrogen-bond acceptors (Lipinski definition) is 0. The van der Waals surface area contributed by atoms with Crippen LogP contribution in [0.5, 0.6) is 0 Å². The van der Waals surface area contributed by atoms with Crippen molar-refractivity contribution in [1.29, 1.82) is 0 Å². The summed E-state index contributed by atoms with van der Waals surface area (Å²) in [6, 6.07) is 37.0. The fourth-order valence-corrected chi connectivity index (χ4v) is 5.78. The minimum atomic E-state index is 0. The number of allylic oxidation sites excluding steroid dienone is 4. The molecule has 4 rings (SSSR count). The van der Waals surface area contributed by atoms with Crippen molar-refractivity contribution in [2.24, 2.45) is 0 Å². The molecule has 0 bridgehead atoms. The van der Waals surface area contributed by atoms with Gasteiger partial charge in [-0.15, -0.1) is 0 Å². The van der Waals surface area contributed by atoms with Gasteiger partial charge in [-0.25, -0.2) is 4.57 Å². The molecule has 0 aliphatic carbocycles. The Balaban J connectivity index is 0.00000552. The molecule has 0 atom stereocenters. The Bertz CT molecular complexity index is 1360. The van der Waals surface area contributed by atoms with Gasteiger partial charge in [-0.3, -0.25) is 0 Å². The first kappa shape index (κ1) is 36.0. The maximum absolute atomic E-state index is 2.37. The summed E-state index contributed by atoms with van der Waals surface area (Å²) in [4.78, 5) is 0. The summed E-state index contributed by atoms with van der Waals surface area (Å²) in [6.45, 7) is 3.34. The molecule has 3 aromatic carbocycles. The van der Waals surface area contributed by atoms with Crippen molar-refractivity contribution in [1.82, 2.24) is 0 Å². The summed E-state index contributed by atoms with van der Waals surface area (Å²) in [6.07, 6.45) is 29.3. The maximum atomic E-state index is 2.37. The number of aromatic nitrogens is 1. The largest absolute Gasteiger partial charge is 1.00 e. The predicted octanol–water partition coefficient (Wildman–Crippen LogP) is 8.80. The number of halogens is 1. The number of hydrogen-bond donors (Lipinski definition) is 0. The molecular weight excluding hydrogens is 610 g/mol. The van der Waals surface area contributed by atoms with Crippen molar-refractivity contribution >= 4 is 11.1 Å². The molecule has 1 aromatic heterocycles. The second-order valence-corrected chi connectivity index (χ2v) is 11.8. The molecule has 0 fully saturated rings. The van der Waals surface area contributed by atoms with Gasteiger partial charge in [-0.2, -0.15) is 0 Å². The zero-order valence-electron chi connectivity index (χ0n) is 27.3. The predicted molar refractivity (Wildman–Crippen MR) is 190 cm³/mol. The van der Waals surface area contributed by atoms with Crippen LogP contribution in [0, 0.1) is 0 Å². The van der Waals surface area contributed by atoms with E-state index >= 15 is 0 Å². The van der Waals surface area contributed by atoms with E-state index in [1.165, 1.54) is 104 Å². The third-order valence-electron chi connectivity index (χ3n) is 8.23. The van der Waals surface area contributed by atoms with E-state index in [9.17, 15) is 0 Å². The average Bonchev–Trinajstić information content (AvgIpc) is 3.08. The standard InChI is InChI=1S/C43H52N.BrH/c1-2-3-4-5-6-7-8-9-10-11-12-13-14-15-16-26-35-44-36-33-41(34-37-44)43(40-31-24-19-25-32-40)42(38-27-20-17-21-28-38)39-29-22-18-23-30-39;/h6-7,9-10,17-25,27-34,36-37H,2-5,8,11-16,26,35H2,1H3;1H/q+1;/p-1/b7-6-,10-9-;. The minimum absolute atomic E-state index is 0. The molecule has 0 radical (unpaired) electrons. The molecule has 0 N–H and O–H groups in total. The highest BCUT2D eigenvalue weighted by Gasteiger charge is 2.17. The van der Waals surface area contributed by atoms with Gasteiger partial charge in [0.1, 0.15) is 6.54 Å². The smallest absolute Gasteiger partial charge is 0.169 e. The number of nitrogens with zero attached hydrogens (tertiary/aromatic N) is 1. The first-order valence-electron chi connectivity index (χ1n) is 17.1. The zero-order chi connectivity index (χ0) is 30.5. The Kier molecular flexibility index (Phi) is 17.7. The van der Waals surface area contributed by atoms with Crippen molar-refractivity contribution in [3.63, 3.8) is 0 Å².